The average molecular weight is 340 g/mol. The zero-order chi connectivity index (χ0) is 17.1. The summed E-state index contributed by atoms with van der Waals surface area (Å²) in [6, 6.07) is 10.3. The summed E-state index contributed by atoms with van der Waals surface area (Å²) in [6.45, 7) is 1.62. The fraction of sp³-hybridized carbons (Fsp3) is 0.200. The molecule has 0 saturated heterocycles. The second-order valence-corrected chi connectivity index (χ2v) is 6.60. The number of rotatable bonds is 5. The van der Waals surface area contributed by atoms with Crippen LogP contribution in [0.1, 0.15) is 11.1 Å². The van der Waals surface area contributed by atoms with Crippen molar-refractivity contribution >= 4 is 15.9 Å². The first-order valence-electron chi connectivity index (χ1n) is 6.62. The number of carbonyl (C=O) groups is 1. The summed E-state index contributed by atoms with van der Waals surface area (Å²) < 4.78 is 53.2. The highest BCUT2D eigenvalue weighted by molar-refractivity contribution is 7.90. The second kappa shape index (κ2) is 6.41. The quantitative estimate of drug-likeness (QED) is 0.904. The lowest BCUT2D eigenvalue weighted by molar-refractivity contribution is -0.143. The van der Waals surface area contributed by atoms with Crippen LogP contribution < -0.4 is 4.72 Å². The molecule has 1 amide bonds. The van der Waals surface area contributed by atoms with Crippen molar-refractivity contribution in [2.75, 3.05) is 0 Å². The van der Waals surface area contributed by atoms with Crippen LogP contribution >= 0.6 is 0 Å². The Balaban J connectivity index is 2.17. The van der Waals surface area contributed by atoms with E-state index < -0.39 is 33.3 Å². The topological polar surface area (TPSA) is 76.1 Å². The number of halogens is 2. The normalized spacial score (nSPS) is 12.0. The largest absolute Gasteiger partial charge is 0.329 e. The van der Waals surface area contributed by atoms with Crippen LogP contribution in [0, 0.1) is 6.92 Å². The van der Waals surface area contributed by atoms with Crippen molar-refractivity contribution in [1.29, 1.82) is 0 Å². The van der Waals surface area contributed by atoms with E-state index in [9.17, 15) is 22.0 Å². The van der Waals surface area contributed by atoms with E-state index in [0.29, 0.717) is 5.56 Å². The van der Waals surface area contributed by atoms with Gasteiger partial charge in [0.15, 0.2) is 5.03 Å². The van der Waals surface area contributed by atoms with Crippen LogP contribution in [0.3, 0.4) is 0 Å². The van der Waals surface area contributed by atoms with E-state index in [1.807, 2.05) is 0 Å². The number of nitrogens with zero attached hydrogens (tertiary/aromatic N) is 1. The second-order valence-electron chi connectivity index (χ2n) is 4.97. The summed E-state index contributed by atoms with van der Waals surface area (Å²) in [4.78, 5) is 15.3. The number of alkyl halides is 2. The van der Waals surface area contributed by atoms with E-state index in [1.54, 1.807) is 31.2 Å². The van der Waals surface area contributed by atoms with Gasteiger partial charge >= 0.3 is 11.8 Å². The van der Waals surface area contributed by atoms with Crippen molar-refractivity contribution < 1.29 is 22.0 Å². The van der Waals surface area contributed by atoms with Crippen molar-refractivity contribution in [3.05, 3.63) is 59.8 Å². The van der Waals surface area contributed by atoms with Crippen molar-refractivity contribution in [1.82, 2.24) is 9.71 Å². The highest BCUT2D eigenvalue weighted by Gasteiger charge is 2.41. The third-order valence-corrected chi connectivity index (χ3v) is 4.22. The molecule has 1 heterocycles. The molecule has 2 aromatic rings. The van der Waals surface area contributed by atoms with Gasteiger partial charge in [-0.3, -0.25) is 4.79 Å². The van der Waals surface area contributed by atoms with Gasteiger partial charge in [-0.15, -0.1) is 0 Å². The average Bonchev–Trinajstić information content (AvgIpc) is 2.47. The molecule has 0 radical (unpaired) electrons. The molecule has 122 valence electrons. The van der Waals surface area contributed by atoms with E-state index >= 15 is 0 Å². The number of sulfonamides is 1. The lowest BCUT2D eigenvalue weighted by atomic mass is 10.1. The zero-order valence-electron chi connectivity index (χ0n) is 12.2. The minimum atomic E-state index is -4.45. The molecule has 1 aromatic heterocycles. The zero-order valence-corrected chi connectivity index (χ0v) is 13.0. The molecule has 0 aliphatic heterocycles. The number of hydrogen-bond donors (Lipinski definition) is 1. The molecule has 0 bridgehead atoms. The highest BCUT2D eigenvalue weighted by Crippen LogP contribution is 2.21. The van der Waals surface area contributed by atoms with Crippen LogP contribution in [-0.4, -0.2) is 25.2 Å². The Labute approximate surface area is 132 Å². The summed E-state index contributed by atoms with van der Waals surface area (Å²) in [5.41, 5.74) is 0.794. The molecule has 1 aromatic carbocycles. The Bertz CT molecular complexity index is 808. The SMILES string of the molecule is Cc1ccnc(S(=O)(=O)NC(=O)C(F)(F)Cc2ccccc2)c1. The van der Waals surface area contributed by atoms with Gasteiger partial charge in [0.05, 0.1) is 0 Å². The van der Waals surface area contributed by atoms with Gasteiger partial charge in [-0.05, 0) is 30.2 Å². The van der Waals surface area contributed by atoms with E-state index in [4.69, 9.17) is 0 Å². The summed E-state index contributed by atoms with van der Waals surface area (Å²) in [5.74, 6) is -5.75. The van der Waals surface area contributed by atoms with Crippen molar-refractivity contribution in [2.45, 2.75) is 24.3 Å². The number of hydrogen-bond acceptors (Lipinski definition) is 4. The maximum atomic E-state index is 13.9. The van der Waals surface area contributed by atoms with Gasteiger partial charge < -0.3 is 0 Å². The molecular formula is C15H14F2N2O3S. The predicted molar refractivity (Wildman–Crippen MR) is 79.4 cm³/mol. The lowest BCUT2D eigenvalue weighted by Crippen LogP contribution is -2.44. The van der Waals surface area contributed by atoms with Crippen molar-refractivity contribution in [2.24, 2.45) is 0 Å². The number of benzene rings is 1. The minimum Gasteiger partial charge on any atom is -0.267 e. The molecule has 0 saturated carbocycles. The fourth-order valence-electron chi connectivity index (χ4n) is 1.84. The molecule has 0 spiro atoms. The highest BCUT2D eigenvalue weighted by atomic mass is 32.2. The molecule has 23 heavy (non-hydrogen) atoms. The number of amides is 1. The van der Waals surface area contributed by atoms with Crippen LogP contribution in [0.4, 0.5) is 8.78 Å². The first-order chi connectivity index (χ1) is 10.7. The summed E-state index contributed by atoms with van der Waals surface area (Å²) in [5, 5.41) is -0.485. The molecule has 0 aliphatic rings. The molecule has 0 unspecified atom stereocenters. The number of nitrogens with one attached hydrogen (secondary N) is 1. The van der Waals surface area contributed by atoms with Crippen molar-refractivity contribution in [3.63, 3.8) is 0 Å². The minimum absolute atomic E-state index is 0.221. The number of aryl methyl sites for hydroxylation is 1. The Morgan fingerprint density at radius 3 is 2.48 bits per heavy atom. The Hall–Kier alpha value is -2.35. The fourth-order valence-corrected chi connectivity index (χ4v) is 2.88. The van der Waals surface area contributed by atoms with Gasteiger partial charge in [0, 0.05) is 12.6 Å². The molecule has 5 nitrogen and oxygen atoms in total. The molecule has 2 rings (SSSR count). The molecule has 0 fully saturated rings. The van der Waals surface area contributed by atoms with Crippen LogP contribution in [0.25, 0.3) is 0 Å². The summed E-state index contributed by atoms with van der Waals surface area (Å²) >= 11 is 0. The molecule has 8 heteroatoms. The Morgan fingerprint density at radius 2 is 1.87 bits per heavy atom. The van der Waals surface area contributed by atoms with Crippen molar-refractivity contribution in [3.8, 4) is 0 Å². The van der Waals surface area contributed by atoms with Gasteiger partial charge in [0.2, 0.25) is 0 Å². The van der Waals surface area contributed by atoms with Crippen LogP contribution in [0.15, 0.2) is 53.7 Å². The smallest absolute Gasteiger partial charge is 0.267 e. The number of aromatic nitrogens is 1. The van der Waals surface area contributed by atoms with Gasteiger partial charge in [-0.1, -0.05) is 30.3 Å². The molecule has 1 N–H and O–H groups in total. The molecular weight excluding hydrogens is 326 g/mol. The van der Waals surface area contributed by atoms with Gasteiger partial charge in [0.25, 0.3) is 10.0 Å². The predicted octanol–water partition coefficient (Wildman–Crippen LogP) is 2.07. The Morgan fingerprint density at radius 1 is 1.22 bits per heavy atom. The maximum absolute atomic E-state index is 13.9. The third-order valence-electron chi connectivity index (χ3n) is 2.99. The van der Waals surface area contributed by atoms with E-state index in [1.165, 1.54) is 29.1 Å². The van der Waals surface area contributed by atoms with Gasteiger partial charge in [-0.25, -0.2) is 9.71 Å². The number of carbonyl (C=O) groups excluding carboxylic acids is 1. The van der Waals surface area contributed by atoms with E-state index in [-0.39, 0.29) is 5.56 Å². The number of pyridine rings is 1. The van der Waals surface area contributed by atoms with Crippen LogP contribution in [0.2, 0.25) is 0 Å². The van der Waals surface area contributed by atoms with Crippen LogP contribution in [0.5, 0.6) is 0 Å². The first-order valence-corrected chi connectivity index (χ1v) is 8.11. The van der Waals surface area contributed by atoms with Gasteiger partial charge in [0.1, 0.15) is 0 Å². The maximum Gasteiger partial charge on any atom is 0.329 e. The monoisotopic (exact) mass is 340 g/mol. The third kappa shape index (κ3) is 4.32. The summed E-state index contributed by atoms with van der Waals surface area (Å²) in [6.07, 6.45) is 0.326. The standard InChI is InChI=1S/C15H14F2N2O3S/c1-11-7-8-18-13(9-11)23(21,22)19-14(20)15(16,17)10-12-5-3-2-4-6-12/h2-9H,10H2,1H3,(H,19,20). The van der Waals surface area contributed by atoms with E-state index in [2.05, 4.69) is 4.98 Å². The van der Waals surface area contributed by atoms with Gasteiger partial charge in [-0.2, -0.15) is 17.2 Å². The molecule has 0 aliphatic carbocycles. The lowest BCUT2D eigenvalue weighted by Gasteiger charge is -2.16. The summed E-state index contributed by atoms with van der Waals surface area (Å²) in [7, 11) is -4.45. The Kier molecular flexibility index (Phi) is 4.74. The first kappa shape index (κ1) is 17.0. The molecule has 0 atom stereocenters. The van der Waals surface area contributed by atoms with E-state index in [0.717, 1.165) is 0 Å². The van der Waals surface area contributed by atoms with Crippen LogP contribution in [-0.2, 0) is 21.2 Å².